The summed E-state index contributed by atoms with van der Waals surface area (Å²) in [7, 11) is 0. The van der Waals surface area contributed by atoms with Crippen molar-refractivity contribution in [3.63, 3.8) is 0 Å². The first-order valence-electron chi connectivity index (χ1n) is 8.24. The lowest BCUT2D eigenvalue weighted by molar-refractivity contribution is -0.122. The van der Waals surface area contributed by atoms with Gasteiger partial charge in [-0.1, -0.05) is 18.2 Å². The van der Waals surface area contributed by atoms with Crippen LogP contribution in [0.25, 0.3) is 0 Å². The fraction of sp³-hybridized carbons (Fsp3) is 0.316. The molecule has 25 heavy (non-hydrogen) atoms. The maximum absolute atomic E-state index is 12.7. The monoisotopic (exact) mass is 339 g/mol. The maximum Gasteiger partial charge on any atom is 0.255 e. The Morgan fingerprint density at radius 2 is 1.96 bits per heavy atom. The molecule has 0 bridgehead atoms. The highest BCUT2D eigenvalue weighted by molar-refractivity contribution is 5.96. The lowest BCUT2D eigenvalue weighted by Gasteiger charge is -2.17. The number of carbonyl (C=O) groups is 2. The molecule has 1 aromatic carbocycles. The molecule has 0 radical (unpaired) electrons. The zero-order valence-corrected chi connectivity index (χ0v) is 14.1. The molecule has 2 amide bonds. The molecule has 6 nitrogen and oxygen atoms in total. The van der Waals surface area contributed by atoms with E-state index in [1.54, 1.807) is 30.2 Å². The van der Waals surface area contributed by atoms with Crippen LogP contribution >= 0.6 is 0 Å². The third-order valence-corrected chi connectivity index (χ3v) is 4.54. The predicted molar refractivity (Wildman–Crippen MR) is 93.0 cm³/mol. The first-order valence-corrected chi connectivity index (χ1v) is 8.24. The van der Waals surface area contributed by atoms with Crippen molar-refractivity contribution in [1.29, 1.82) is 0 Å². The number of para-hydroxylation sites is 1. The lowest BCUT2D eigenvalue weighted by atomic mass is 9.96. The van der Waals surface area contributed by atoms with Crippen molar-refractivity contribution in [2.75, 3.05) is 19.7 Å². The van der Waals surface area contributed by atoms with E-state index in [-0.39, 0.29) is 11.8 Å². The van der Waals surface area contributed by atoms with Crippen LogP contribution in [0.15, 0.2) is 48.7 Å². The minimum Gasteiger partial charge on any atom is -0.493 e. The Labute approximate surface area is 146 Å². The highest BCUT2D eigenvalue weighted by Crippen LogP contribution is 2.26. The summed E-state index contributed by atoms with van der Waals surface area (Å²) in [5.41, 5.74) is 6.77. The number of carbonyl (C=O) groups excluding carboxylic acids is 2. The smallest absolute Gasteiger partial charge is 0.255 e. The van der Waals surface area contributed by atoms with Gasteiger partial charge in [0.2, 0.25) is 5.91 Å². The first-order chi connectivity index (χ1) is 12.1. The summed E-state index contributed by atoms with van der Waals surface area (Å²) >= 11 is 0. The van der Waals surface area contributed by atoms with E-state index in [1.807, 2.05) is 30.3 Å². The van der Waals surface area contributed by atoms with E-state index >= 15 is 0 Å². The molecule has 2 atom stereocenters. The van der Waals surface area contributed by atoms with Gasteiger partial charge in [0.1, 0.15) is 5.75 Å². The van der Waals surface area contributed by atoms with Crippen molar-refractivity contribution in [3.05, 3.63) is 59.9 Å². The topological polar surface area (TPSA) is 85.5 Å². The summed E-state index contributed by atoms with van der Waals surface area (Å²) in [6.07, 6.45) is 1.65. The number of amides is 2. The number of hydrogen-bond donors (Lipinski definition) is 1. The minimum absolute atomic E-state index is 0.126. The van der Waals surface area contributed by atoms with E-state index in [1.165, 1.54) is 0 Å². The number of likely N-dealkylation sites (tertiary alicyclic amines) is 1. The number of hydrogen-bond acceptors (Lipinski definition) is 4. The Hall–Kier alpha value is -2.89. The first kappa shape index (κ1) is 17.0. The van der Waals surface area contributed by atoms with Gasteiger partial charge in [-0.3, -0.25) is 14.6 Å². The van der Waals surface area contributed by atoms with Crippen LogP contribution in [0.1, 0.15) is 16.1 Å². The van der Waals surface area contributed by atoms with E-state index in [9.17, 15) is 9.59 Å². The summed E-state index contributed by atoms with van der Waals surface area (Å²) in [6, 6.07) is 12.9. The molecule has 6 heteroatoms. The van der Waals surface area contributed by atoms with Gasteiger partial charge in [0, 0.05) is 30.9 Å². The average Bonchev–Trinajstić information content (AvgIpc) is 3.05. The van der Waals surface area contributed by atoms with Gasteiger partial charge in [-0.15, -0.1) is 0 Å². The number of nitrogens with zero attached hydrogens (tertiary/aromatic N) is 2. The molecular formula is C19H21N3O3. The van der Waals surface area contributed by atoms with Crippen molar-refractivity contribution in [3.8, 4) is 5.75 Å². The van der Waals surface area contributed by atoms with Crippen LogP contribution in [-0.2, 0) is 4.79 Å². The Bertz CT molecular complexity index is 764. The molecule has 1 aromatic heterocycles. The maximum atomic E-state index is 12.7. The SMILES string of the molecule is Cc1ncccc1C(=O)N1C[C@@H](COc2ccccc2)[C@H](C(N)=O)C1. The zero-order chi connectivity index (χ0) is 17.8. The van der Waals surface area contributed by atoms with Crippen LogP contribution in [0.5, 0.6) is 5.75 Å². The molecule has 0 unspecified atom stereocenters. The number of ether oxygens (including phenoxy) is 1. The number of aryl methyl sites for hydroxylation is 1. The van der Waals surface area contributed by atoms with Crippen molar-refractivity contribution in [2.45, 2.75) is 6.92 Å². The van der Waals surface area contributed by atoms with Crippen molar-refractivity contribution in [2.24, 2.45) is 17.6 Å². The van der Waals surface area contributed by atoms with Gasteiger partial charge in [-0.05, 0) is 31.2 Å². The number of nitrogens with two attached hydrogens (primary N) is 1. The Morgan fingerprint density at radius 3 is 2.64 bits per heavy atom. The lowest BCUT2D eigenvalue weighted by Crippen LogP contribution is -2.33. The summed E-state index contributed by atoms with van der Waals surface area (Å²) in [5.74, 6) is -0.333. The Balaban J connectivity index is 1.71. The molecule has 1 aliphatic heterocycles. The number of benzene rings is 1. The van der Waals surface area contributed by atoms with Crippen LogP contribution < -0.4 is 10.5 Å². The molecule has 2 heterocycles. The van der Waals surface area contributed by atoms with E-state index in [0.717, 1.165) is 5.75 Å². The third kappa shape index (κ3) is 3.79. The van der Waals surface area contributed by atoms with Gasteiger partial charge in [0.15, 0.2) is 0 Å². The van der Waals surface area contributed by atoms with Crippen LogP contribution in [-0.4, -0.2) is 41.4 Å². The van der Waals surface area contributed by atoms with Crippen LogP contribution in [0.4, 0.5) is 0 Å². The molecule has 2 aromatic rings. The van der Waals surface area contributed by atoms with Gasteiger partial charge < -0.3 is 15.4 Å². The summed E-state index contributed by atoms with van der Waals surface area (Å²) in [6.45, 7) is 2.89. The molecule has 130 valence electrons. The molecule has 3 rings (SSSR count). The Kier molecular flexibility index (Phi) is 4.97. The highest BCUT2D eigenvalue weighted by Gasteiger charge is 2.39. The van der Waals surface area contributed by atoms with Crippen LogP contribution in [0.3, 0.4) is 0 Å². The predicted octanol–water partition coefficient (Wildman–Crippen LogP) is 1.64. The minimum atomic E-state index is -0.412. The largest absolute Gasteiger partial charge is 0.493 e. The highest BCUT2D eigenvalue weighted by atomic mass is 16.5. The van der Waals surface area contributed by atoms with Crippen LogP contribution in [0, 0.1) is 18.8 Å². The zero-order valence-electron chi connectivity index (χ0n) is 14.1. The average molecular weight is 339 g/mol. The number of primary amides is 1. The second kappa shape index (κ2) is 7.34. The second-order valence-corrected chi connectivity index (χ2v) is 6.24. The second-order valence-electron chi connectivity index (χ2n) is 6.24. The molecule has 1 aliphatic rings. The molecule has 0 spiro atoms. The molecule has 2 N–H and O–H groups in total. The Morgan fingerprint density at radius 1 is 1.20 bits per heavy atom. The molecule has 0 saturated carbocycles. The standard InChI is InChI=1S/C19H21N3O3/c1-13-16(8-5-9-21-13)19(24)22-10-14(17(11-22)18(20)23)12-25-15-6-3-2-4-7-15/h2-9,14,17H,10-12H2,1H3,(H2,20,23)/t14-,17+/m0/s1. The van der Waals surface area contributed by atoms with E-state index in [4.69, 9.17) is 10.5 Å². The van der Waals surface area contributed by atoms with E-state index < -0.39 is 11.8 Å². The van der Waals surface area contributed by atoms with Gasteiger partial charge in [-0.2, -0.15) is 0 Å². The van der Waals surface area contributed by atoms with Crippen molar-refractivity contribution >= 4 is 11.8 Å². The summed E-state index contributed by atoms with van der Waals surface area (Å²) in [5, 5.41) is 0. The van der Waals surface area contributed by atoms with Crippen molar-refractivity contribution < 1.29 is 14.3 Å². The van der Waals surface area contributed by atoms with E-state index in [2.05, 4.69) is 4.98 Å². The van der Waals surface area contributed by atoms with Gasteiger partial charge >= 0.3 is 0 Å². The molecular weight excluding hydrogens is 318 g/mol. The number of aromatic nitrogens is 1. The van der Waals surface area contributed by atoms with E-state index in [0.29, 0.717) is 31.0 Å². The fourth-order valence-electron chi connectivity index (χ4n) is 3.13. The molecule has 1 fully saturated rings. The normalized spacial score (nSPS) is 19.6. The quantitative estimate of drug-likeness (QED) is 0.897. The summed E-state index contributed by atoms with van der Waals surface area (Å²) < 4.78 is 5.77. The fourth-order valence-corrected chi connectivity index (χ4v) is 3.13. The van der Waals surface area contributed by atoms with Gasteiger partial charge in [0.25, 0.3) is 5.91 Å². The van der Waals surface area contributed by atoms with Crippen molar-refractivity contribution in [1.82, 2.24) is 9.88 Å². The number of rotatable bonds is 5. The third-order valence-electron chi connectivity index (χ3n) is 4.54. The molecule has 1 saturated heterocycles. The van der Waals surface area contributed by atoms with Crippen LogP contribution in [0.2, 0.25) is 0 Å². The summed E-state index contributed by atoms with van der Waals surface area (Å²) in [4.78, 5) is 30.4. The van der Waals surface area contributed by atoms with Gasteiger partial charge in [0.05, 0.1) is 18.1 Å². The molecule has 0 aliphatic carbocycles. The number of pyridine rings is 1. The van der Waals surface area contributed by atoms with Gasteiger partial charge in [-0.25, -0.2) is 0 Å².